The lowest BCUT2D eigenvalue weighted by molar-refractivity contribution is 0.0943. The van der Waals surface area contributed by atoms with Gasteiger partial charge in [0, 0.05) is 11.8 Å². The SMILES string of the molecule is COC(=O)OC1=CC=C(C2(C3=CC=C(C)CC3)CCCCC2)CC1. The third-order valence-corrected chi connectivity index (χ3v) is 5.79. The molecule has 0 radical (unpaired) electrons. The topological polar surface area (TPSA) is 35.5 Å². The lowest BCUT2D eigenvalue weighted by Crippen LogP contribution is -2.30. The van der Waals surface area contributed by atoms with Crippen molar-refractivity contribution in [3.8, 4) is 0 Å². The molecule has 3 nitrogen and oxygen atoms in total. The molecule has 3 aliphatic carbocycles. The summed E-state index contributed by atoms with van der Waals surface area (Å²) < 4.78 is 9.78. The Kier molecular flexibility index (Phi) is 5.27. The minimum absolute atomic E-state index is 0.239. The van der Waals surface area contributed by atoms with E-state index in [0.29, 0.717) is 5.76 Å². The largest absolute Gasteiger partial charge is 0.513 e. The fourth-order valence-corrected chi connectivity index (χ4v) is 4.39. The smallest absolute Gasteiger partial charge is 0.437 e. The van der Waals surface area contributed by atoms with Crippen LogP contribution in [0.25, 0.3) is 0 Å². The molecule has 0 heterocycles. The number of carbonyl (C=O) groups is 1. The molecule has 3 aliphatic rings. The summed E-state index contributed by atoms with van der Waals surface area (Å²) in [5, 5.41) is 0. The predicted octanol–water partition coefficient (Wildman–Crippen LogP) is 5.99. The summed E-state index contributed by atoms with van der Waals surface area (Å²) in [7, 11) is 1.34. The van der Waals surface area contributed by atoms with Crippen molar-refractivity contribution in [3.63, 3.8) is 0 Å². The zero-order valence-corrected chi connectivity index (χ0v) is 14.9. The van der Waals surface area contributed by atoms with E-state index in [9.17, 15) is 4.79 Å². The van der Waals surface area contributed by atoms with Gasteiger partial charge in [-0.2, -0.15) is 0 Å². The van der Waals surface area contributed by atoms with Gasteiger partial charge in [0.1, 0.15) is 5.76 Å². The Balaban J connectivity index is 1.86. The number of methoxy groups -OCH3 is 1. The fraction of sp³-hybridized carbons (Fsp3) is 0.571. The van der Waals surface area contributed by atoms with E-state index in [1.165, 1.54) is 63.2 Å². The molecule has 3 rings (SSSR count). The van der Waals surface area contributed by atoms with E-state index >= 15 is 0 Å². The second kappa shape index (κ2) is 7.42. The molecule has 0 N–H and O–H groups in total. The summed E-state index contributed by atoms with van der Waals surface area (Å²) in [5.74, 6) is 0.713. The molecule has 130 valence electrons. The molecule has 24 heavy (non-hydrogen) atoms. The van der Waals surface area contributed by atoms with E-state index in [2.05, 4.69) is 29.9 Å². The second-order valence-corrected chi connectivity index (χ2v) is 7.23. The number of ether oxygens (including phenoxy) is 2. The maximum atomic E-state index is 11.3. The Labute approximate surface area is 145 Å². The summed E-state index contributed by atoms with van der Waals surface area (Å²) in [5.41, 5.74) is 4.86. The van der Waals surface area contributed by atoms with Crippen LogP contribution in [0.15, 0.2) is 46.8 Å². The maximum Gasteiger partial charge on any atom is 0.513 e. The minimum Gasteiger partial charge on any atom is -0.437 e. The second-order valence-electron chi connectivity index (χ2n) is 7.23. The molecule has 0 aliphatic heterocycles. The van der Waals surface area contributed by atoms with Crippen molar-refractivity contribution < 1.29 is 14.3 Å². The average molecular weight is 328 g/mol. The molecule has 1 fully saturated rings. The Morgan fingerprint density at radius 3 is 2.12 bits per heavy atom. The van der Waals surface area contributed by atoms with Crippen molar-refractivity contribution in [3.05, 3.63) is 46.8 Å². The highest BCUT2D eigenvalue weighted by molar-refractivity contribution is 5.61. The van der Waals surface area contributed by atoms with E-state index in [-0.39, 0.29) is 5.41 Å². The predicted molar refractivity (Wildman–Crippen MR) is 95.5 cm³/mol. The van der Waals surface area contributed by atoms with Crippen LogP contribution in [0.4, 0.5) is 4.79 Å². The van der Waals surface area contributed by atoms with Gasteiger partial charge in [-0.25, -0.2) is 4.79 Å². The monoisotopic (exact) mass is 328 g/mol. The van der Waals surface area contributed by atoms with Gasteiger partial charge in [-0.1, -0.05) is 54.2 Å². The van der Waals surface area contributed by atoms with Crippen molar-refractivity contribution in [1.82, 2.24) is 0 Å². The molecule has 0 aromatic rings. The molecule has 0 aromatic heterocycles. The Bertz CT molecular complexity index is 613. The van der Waals surface area contributed by atoms with E-state index in [4.69, 9.17) is 4.74 Å². The molecule has 0 aromatic carbocycles. The van der Waals surface area contributed by atoms with Gasteiger partial charge in [0.25, 0.3) is 0 Å². The summed E-state index contributed by atoms with van der Waals surface area (Å²) in [4.78, 5) is 11.3. The van der Waals surface area contributed by atoms with E-state index < -0.39 is 6.16 Å². The van der Waals surface area contributed by atoms with Crippen molar-refractivity contribution in [2.75, 3.05) is 7.11 Å². The highest BCUT2D eigenvalue weighted by Gasteiger charge is 2.39. The van der Waals surface area contributed by atoms with Gasteiger partial charge < -0.3 is 9.47 Å². The quantitative estimate of drug-likeness (QED) is 0.597. The molecule has 0 atom stereocenters. The molecule has 0 spiro atoms. The number of hydrogen-bond acceptors (Lipinski definition) is 3. The number of rotatable bonds is 3. The van der Waals surface area contributed by atoms with Crippen LogP contribution in [-0.4, -0.2) is 13.3 Å². The summed E-state index contributed by atoms with van der Waals surface area (Å²) in [6.07, 6.45) is 18.9. The van der Waals surface area contributed by atoms with Gasteiger partial charge >= 0.3 is 6.16 Å². The molecule has 0 bridgehead atoms. The van der Waals surface area contributed by atoms with Gasteiger partial charge in [0.2, 0.25) is 0 Å². The van der Waals surface area contributed by atoms with Gasteiger partial charge in [-0.05, 0) is 45.1 Å². The van der Waals surface area contributed by atoms with Crippen molar-refractivity contribution in [2.24, 2.45) is 5.41 Å². The number of carbonyl (C=O) groups excluding carboxylic acids is 1. The summed E-state index contributed by atoms with van der Waals surface area (Å²) in [6, 6.07) is 0. The molecule has 3 heteroatoms. The summed E-state index contributed by atoms with van der Waals surface area (Å²) in [6.45, 7) is 2.22. The van der Waals surface area contributed by atoms with Crippen LogP contribution in [0, 0.1) is 5.41 Å². The van der Waals surface area contributed by atoms with Crippen molar-refractivity contribution in [2.45, 2.75) is 64.7 Å². The van der Waals surface area contributed by atoms with Crippen LogP contribution in [0.2, 0.25) is 0 Å². The van der Waals surface area contributed by atoms with Crippen LogP contribution >= 0.6 is 0 Å². The Morgan fingerprint density at radius 1 is 0.917 bits per heavy atom. The fourth-order valence-electron chi connectivity index (χ4n) is 4.39. The first kappa shape index (κ1) is 17.1. The van der Waals surface area contributed by atoms with Crippen LogP contribution in [-0.2, 0) is 9.47 Å². The minimum atomic E-state index is -0.624. The van der Waals surface area contributed by atoms with E-state index in [1.807, 2.05) is 6.08 Å². The number of hydrogen-bond donors (Lipinski definition) is 0. The highest BCUT2D eigenvalue weighted by atomic mass is 16.7. The molecule has 0 unspecified atom stereocenters. The van der Waals surface area contributed by atoms with E-state index in [0.717, 1.165) is 12.8 Å². The van der Waals surface area contributed by atoms with Crippen molar-refractivity contribution >= 4 is 6.16 Å². The lowest BCUT2D eigenvalue weighted by Gasteiger charge is -2.43. The Morgan fingerprint density at radius 2 is 1.58 bits per heavy atom. The molecule has 1 saturated carbocycles. The van der Waals surface area contributed by atoms with E-state index in [1.54, 1.807) is 5.57 Å². The molecule has 0 saturated heterocycles. The molecular formula is C21H28O3. The first-order chi connectivity index (χ1) is 11.6. The zero-order chi connectivity index (χ0) is 17.0. The van der Waals surface area contributed by atoms with Crippen LogP contribution in [0.3, 0.4) is 0 Å². The standard InChI is InChI=1S/C21H28O3/c1-16-6-8-17(9-7-16)21(14-4-3-5-15-21)18-10-12-19(13-11-18)24-20(22)23-2/h6,8,10,12H,3-5,7,9,11,13-15H2,1-2H3. The first-order valence-electron chi connectivity index (χ1n) is 9.17. The van der Waals surface area contributed by atoms with Gasteiger partial charge in [0.05, 0.1) is 7.11 Å². The molecule has 0 amide bonds. The van der Waals surface area contributed by atoms with Crippen molar-refractivity contribution in [1.29, 1.82) is 0 Å². The lowest BCUT2D eigenvalue weighted by atomic mass is 9.61. The highest BCUT2D eigenvalue weighted by Crippen LogP contribution is 2.52. The number of allylic oxidation sites excluding steroid dienone is 8. The van der Waals surface area contributed by atoms with Gasteiger partial charge in [-0.15, -0.1) is 0 Å². The van der Waals surface area contributed by atoms with Gasteiger partial charge in [0.15, 0.2) is 0 Å². The first-order valence-corrected chi connectivity index (χ1v) is 9.17. The van der Waals surface area contributed by atoms with Crippen LogP contribution in [0.5, 0.6) is 0 Å². The summed E-state index contributed by atoms with van der Waals surface area (Å²) >= 11 is 0. The third kappa shape index (κ3) is 3.50. The maximum absolute atomic E-state index is 11.3. The van der Waals surface area contributed by atoms with Gasteiger partial charge in [-0.3, -0.25) is 0 Å². The normalized spacial score (nSPS) is 23.4. The van der Waals surface area contributed by atoms with Crippen LogP contribution in [0.1, 0.15) is 64.7 Å². The third-order valence-electron chi connectivity index (χ3n) is 5.79. The Hall–Kier alpha value is -1.77. The molecular weight excluding hydrogens is 300 g/mol. The zero-order valence-electron chi connectivity index (χ0n) is 14.9. The average Bonchev–Trinajstić information content (AvgIpc) is 2.63. The van der Waals surface area contributed by atoms with Crippen LogP contribution < -0.4 is 0 Å².